The summed E-state index contributed by atoms with van der Waals surface area (Å²) < 4.78 is 0. The fraction of sp³-hybridized carbons (Fsp3) is 0.692. The summed E-state index contributed by atoms with van der Waals surface area (Å²) in [6.45, 7) is 6.01. The molecule has 17 heavy (non-hydrogen) atoms. The maximum atomic E-state index is 11.5. The summed E-state index contributed by atoms with van der Waals surface area (Å²) in [6, 6.07) is 0. The van der Waals surface area contributed by atoms with Gasteiger partial charge in [0.25, 0.3) is 0 Å². The second kappa shape index (κ2) is 6.15. The van der Waals surface area contributed by atoms with E-state index in [-0.39, 0.29) is 0 Å². The Hall–Kier alpha value is -0.900. The lowest BCUT2D eigenvalue weighted by Crippen LogP contribution is -2.33. The third-order valence-corrected chi connectivity index (χ3v) is 4.15. The van der Waals surface area contributed by atoms with Gasteiger partial charge in [0.2, 0.25) is 0 Å². The first-order valence-corrected chi connectivity index (χ1v) is 7.06. The molecule has 0 aliphatic carbocycles. The summed E-state index contributed by atoms with van der Waals surface area (Å²) in [5.41, 5.74) is 0.295. The summed E-state index contributed by atoms with van der Waals surface area (Å²) in [6.07, 6.45) is 3.96. The van der Waals surface area contributed by atoms with Gasteiger partial charge < -0.3 is 5.11 Å². The number of hydrogen-bond donors (Lipinski definition) is 1. The van der Waals surface area contributed by atoms with Crippen molar-refractivity contribution in [3.63, 3.8) is 0 Å². The number of carboxylic acid groups (broad SMARTS) is 1. The van der Waals surface area contributed by atoms with Gasteiger partial charge in [0.05, 0.1) is 16.1 Å². The number of hydrogen-bond acceptors (Lipinski definition) is 3. The maximum absolute atomic E-state index is 11.5. The van der Waals surface area contributed by atoms with Gasteiger partial charge in [-0.05, 0) is 19.8 Å². The van der Waals surface area contributed by atoms with Gasteiger partial charge in [-0.25, -0.2) is 4.98 Å². The Labute approximate surface area is 107 Å². The molecule has 1 atom stereocenters. The van der Waals surface area contributed by atoms with Crippen molar-refractivity contribution in [3.05, 3.63) is 16.1 Å². The zero-order valence-corrected chi connectivity index (χ0v) is 11.6. The predicted molar refractivity (Wildman–Crippen MR) is 70.4 cm³/mol. The van der Waals surface area contributed by atoms with Gasteiger partial charge in [-0.15, -0.1) is 11.3 Å². The van der Waals surface area contributed by atoms with Crippen molar-refractivity contribution in [3.8, 4) is 0 Å². The third kappa shape index (κ3) is 3.53. The molecule has 3 nitrogen and oxygen atoms in total. The number of nitrogens with zero attached hydrogens (tertiary/aromatic N) is 1. The van der Waals surface area contributed by atoms with Crippen molar-refractivity contribution < 1.29 is 9.90 Å². The lowest BCUT2D eigenvalue weighted by Gasteiger charge is -2.27. The molecular formula is C13H21NO2S. The number of carboxylic acids is 1. The van der Waals surface area contributed by atoms with Crippen molar-refractivity contribution in [1.29, 1.82) is 0 Å². The van der Waals surface area contributed by atoms with E-state index in [2.05, 4.69) is 11.9 Å². The molecule has 0 fully saturated rings. The van der Waals surface area contributed by atoms with Crippen molar-refractivity contribution in [2.45, 2.75) is 52.9 Å². The lowest BCUT2D eigenvalue weighted by molar-refractivity contribution is -0.149. The standard InChI is InChI=1S/C13H21NO2S/c1-4-6-7-13(5-2,12(15)16)8-11-9-17-10(3)14-11/h9H,4-8H2,1-3H3,(H,15,16). The van der Waals surface area contributed by atoms with Crippen LogP contribution >= 0.6 is 11.3 Å². The number of thiazole rings is 1. The quantitative estimate of drug-likeness (QED) is 0.808. The van der Waals surface area contributed by atoms with Crippen LogP contribution in [0.25, 0.3) is 0 Å². The van der Waals surface area contributed by atoms with E-state index in [0.717, 1.165) is 30.0 Å². The molecule has 0 aliphatic rings. The molecule has 0 aromatic carbocycles. The molecule has 0 bridgehead atoms. The minimum Gasteiger partial charge on any atom is -0.481 e. The average Bonchev–Trinajstić information content (AvgIpc) is 2.69. The molecular weight excluding hydrogens is 234 g/mol. The van der Waals surface area contributed by atoms with E-state index in [1.807, 2.05) is 19.2 Å². The Balaban J connectivity index is 2.85. The van der Waals surface area contributed by atoms with Crippen LogP contribution in [0.1, 0.15) is 50.2 Å². The van der Waals surface area contributed by atoms with Crippen molar-refractivity contribution in [2.24, 2.45) is 5.41 Å². The van der Waals surface area contributed by atoms with Crippen molar-refractivity contribution in [1.82, 2.24) is 4.98 Å². The minimum absolute atomic E-state index is 0.559. The number of aromatic nitrogens is 1. The third-order valence-electron chi connectivity index (χ3n) is 3.33. The smallest absolute Gasteiger partial charge is 0.310 e. The van der Waals surface area contributed by atoms with E-state index in [9.17, 15) is 9.90 Å². The highest BCUT2D eigenvalue weighted by Crippen LogP contribution is 2.33. The molecule has 1 aromatic rings. The van der Waals surface area contributed by atoms with Crippen LogP contribution in [0.4, 0.5) is 0 Å². The monoisotopic (exact) mass is 255 g/mol. The van der Waals surface area contributed by atoms with Crippen LogP contribution in [0.15, 0.2) is 5.38 Å². The summed E-state index contributed by atoms with van der Waals surface area (Å²) >= 11 is 1.59. The Morgan fingerprint density at radius 3 is 2.65 bits per heavy atom. The molecule has 1 N–H and O–H groups in total. The molecule has 0 amide bonds. The molecule has 0 aliphatic heterocycles. The van der Waals surface area contributed by atoms with E-state index in [0.29, 0.717) is 12.8 Å². The summed E-state index contributed by atoms with van der Waals surface area (Å²) in [5, 5.41) is 12.5. The van der Waals surface area contributed by atoms with Gasteiger partial charge in [-0.1, -0.05) is 26.7 Å². The molecule has 0 spiro atoms. The first kappa shape index (κ1) is 14.2. The summed E-state index contributed by atoms with van der Waals surface area (Å²) in [4.78, 5) is 15.9. The highest BCUT2D eigenvalue weighted by molar-refractivity contribution is 7.09. The van der Waals surface area contributed by atoms with E-state index in [1.165, 1.54) is 0 Å². The molecule has 1 unspecified atom stereocenters. The molecule has 1 heterocycles. The van der Waals surface area contributed by atoms with Gasteiger partial charge in [0.15, 0.2) is 0 Å². The normalized spacial score (nSPS) is 14.5. The fourth-order valence-electron chi connectivity index (χ4n) is 2.08. The number of rotatable bonds is 7. The zero-order chi connectivity index (χ0) is 12.9. The second-order valence-electron chi connectivity index (χ2n) is 4.58. The number of unbranched alkanes of at least 4 members (excludes halogenated alkanes) is 1. The highest BCUT2D eigenvalue weighted by Gasteiger charge is 2.36. The molecule has 0 saturated heterocycles. The van der Waals surface area contributed by atoms with E-state index in [1.54, 1.807) is 11.3 Å². The zero-order valence-electron chi connectivity index (χ0n) is 10.8. The van der Waals surface area contributed by atoms with Crippen molar-refractivity contribution in [2.75, 3.05) is 0 Å². The Morgan fingerprint density at radius 1 is 1.53 bits per heavy atom. The molecule has 4 heteroatoms. The largest absolute Gasteiger partial charge is 0.481 e. The average molecular weight is 255 g/mol. The first-order chi connectivity index (χ1) is 8.04. The lowest BCUT2D eigenvalue weighted by atomic mass is 9.76. The first-order valence-electron chi connectivity index (χ1n) is 6.18. The van der Waals surface area contributed by atoms with E-state index in [4.69, 9.17) is 0 Å². The molecule has 1 rings (SSSR count). The van der Waals surface area contributed by atoms with Crippen LogP contribution < -0.4 is 0 Å². The minimum atomic E-state index is -0.681. The van der Waals surface area contributed by atoms with E-state index >= 15 is 0 Å². The summed E-state index contributed by atoms with van der Waals surface area (Å²) in [7, 11) is 0. The molecule has 1 aromatic heterocycles. The molecule has 96 valence electrons. The van der Waals surface area contributed by atoms with Crippen LogP contribution in [0, 0.1) is 12.3 Å². The van der Waals surface area contributed by atoms with Crippen LogP contribution in [-0.2, 0) is 11.2 Å². The molecule has 0 radical (unpaired) electrons. The number of carbonyl (C=O) groups is 1. The van der Waals surface area contributed by atoms with Gasteiger partial charge in [-0.3, -0.25) is 4.79 Å². The Kier molecular flexibility index (Phi) is 5.12. The van der Waals surface area contributed by atoms with Gasteiger partial charge in [0, 0.05) is 11.8 Å². The number of aliphatic carboxylic acids is 1. The topological polar surface area (TPSA) is 50.2 Å². The van der Waals surface area contributed by atoms with Gasteiger partial charge in [0.1, 0.15) is 0 Å². The second-order valence-corrected chi connectivity index (χ2v) is 5.64. The Bertz CT molecular complexity index is 375. The van der Waals surface area contributed by atoms with Crippen LogP contribution in [0.5, 0.6) is 0 Å². The Morgan fingerprint density at radius 2 is 2.24 bits per heavy atom. The van der Waals surface area contributed by atoms with Crippen molar-refractivity contribution >= 4 is 17.3 Å². The van der Waals surface area contributed by atoms with E-state index < -0.39 is 11.4 Å². The molecule has 0 saturated carbocycles. The van der Waals surface area contributed by atoms with Crippen LogP contribution in [0.3, 0.4) is 0 Å². The van der Waals surface area contributed by atoms with Crippen LogP contribution in [-0.4, -0.2) is 16.1 Å². The number of aryl methyl sites for hydroxylation is 1. The highest BCUT2D eigenvalue weighted by atomic mass is 32.1. The maximum Gasteiger partial charge on any atom is 0.310 e. The fourth-order valence-corrected chi connectivity index (χ4v) is 2.69. The SMILES string of the molecule is CCCCC(CC)(Cc1csc(C)n1)C(=O)O. The van der Waals surface area contributed by atoms with Crippen LogP contribution in [0.2, 0.25) is 0 Å². The van der Waals surface area contributed by atoms with Gasteiger partial charge >= 0.3 is 5.97 Å². The van der Waals surface area contributed by atoms with Gasteiger partial charge in [-0.2, -0.15) is 0 Å². The summed E-state index contributed by atoms with van der Waals surface area (Å²) in [5.74, 6) is -0.681. The predicted octanol–water partition coefficient (Wildman–Crippen LogP) is 3.67.